The van der Waals surface area contributed by atoms with Gasteiger partial charge in [0.1, 0.15) is 19.7 Å². The Hall–Kier alpha value is -1.90. The smallest absolute Gasteiger partial charge is 0.309 e. The summed E-state index contributed by atoms with van der Waals surface area (Å²) in [4.78, 5) is 37.5. The van der Waals surface area contributed by atoms with Crippen LogP contribution >= 0.6 is 23.2 Å². The molecule has 0 saturated heterocycles. The Balaban J connectivity index is 4.97. The Kier molecular flexibility index (Phi) is 6.53. The summed E-state index contributed by atoms with van der Waals surface area (Å²) in [5.74, 6) is 0. The van der Waals surface area contributed by atoms with Gasteiger partial charge >= 0.3 is 16.0 Å². The molecule has 0 aliphatic rings. The van der Waals surface area contributed by atoms with Crippen molar-refractivity contribution >= 4 is 23.2 Å². The first-order chi connectivity index (χ1) is 10.2. The Bertz CT molecular complexity index is 453. The van der Waals surface area contributed by atoms with E-state index in [-0.39, 0.29) is 0 Å². The van der Waals surface area contributed by atoms with Crippen LogP contribution in [0.15, 0.2) is 0 Å². The molecule has 0 radical (unpaired) electrons. The maximum absolute atomic E-state index is 10.7. The molecule has 0 heterocycles. The van der Waals surface area contributed by atoms with E-state index < -0.39 is 48.9 Å². The normalized spacial score (nSPS) is 12.7. The van der Waals surface area contributed by atoms with Crippen LogP contribution in [0.2, 0.25) is 0 Å². The molecule has 132 valence electrons. The highest BCUT2D eigenvalue weighted by Crippen LogP contribution is 2.28. The van der Waals surface area contributed by atoms with Gasteiger partial charge in [0.2, 0.25) is 0 Å². The lowest BCUT2D eigenvalue weighted by Gasteiger charge is -2.23. The number of halogens is 2. The summed E-state index contributed by atoms with van der Waals surface area (Å²) in [5.41, 5.74) is -5.65. The Morgan fingerprint density at radius 1 is 0.739 bits per heavy atom. The summed E-state index contributed by atoms with van der Waals surface area (Å²) in [6.07, 6.45) is 0. The fourth-order valence-corrected chi connectivity index (χ4v) is 1.05. The fourth-order valence-electron chi connectivity index (χ4n) is 0.827. The Morgan fingerprint density at radius 2 is 0.957 bits per heavy atom. The number of ether oxygens (including phenoxy) is 2. The number of alkyl halides is 2. The molecule has 0 aromatic heterocycles. The summed E-state index contributed by atoms with van der Waals surface area (Å²) in [6, 6.07) is 0. The molecule has 0 aromatic rings. The molecule has 0 aromatic carbocycles. The zero-order valence-electron chi connectivity index (χ0n) is 11.5. The molecule has 0 bridgehead atoms. The predicted octanol–water partition coefficient (Wildman–Crippen LogP) is 0.648. The number of rotatable bonds is 10. The Morgan fingerprint density at radius 3 is 1.13 bits per heavy atom. The van der Waals surface area contributed by atoms with Crippen molar-refractivity contribution in [2.45, 2.75) is 29.9 Å². The van der Waals surface area contributed by atoms with Gasteiger partial charge in [-0.15, -0.1) is 0 Å². The molecule has 14 nitrogen and oxygen atoms in total. The van der Waals surface area contributed by atoms with Crippen molar-refractivity contribution in [2.75, 3.05) is 13.2 Å². The van der Waals surface area contributed by atoms with E-state index in [1.807, 2.05) is 0 Å². The third-order valence-corrected chi connectivity index (χ3v) is 3.04. The topological polar surface area (TPSA) is 191 Å². The van der Waals surface area contributed by atoms with Crippen LogP contribution in [0.1, 0.15) is 13.8 Å². The first-order valence-electron chi connectivity index (χ1n) is 5.43. The van der Waals surface area contributed by atoms with E-state index in [2.05, 4.69) is 9.47 Å². The lowest BCUT2D eigenvalue weighted by atomic mass is 10.2. The van der Waals surface area contributed by atoms with Gasteiger partial charge in [0.25, 0.3) is 0 Å². The van der Waals surface area contributed by atoms with E-state index in [9.17, 15) is 40.5 Å². The monoisotopic (exact) mass is 380 g/mol. The third-order valence-electron chi connectivity index (χ3n) is 2.60. The standard InChI is InChI=1S/C7H10Cl2N4O10/c1-5(10(14)15,11(16)17)3-22-7(8,9)23-4-6(2,12(18)19)13(20)21/h3-4H2,1-2H3. The van der Waals surface area contributed by atoms with E-state index in [0.717, 1.165) is 0 Å². The Labute approximate surface area is 136 Å². The van der Waals surface area contributed by atoms with Gasteiger partial charge in [0.05, 0.1) is 13.8 Å². The van der Waals surface area contributed by atoms with Gasteiger partial charge in [-0.3, -0.25) is 40.5 Å². The molecule has 0 rings (SSSR count). The van der Waals surface area contributed by atoms with Crippen LogP contribution in [0.3, 0.4) is 0 Å². The first-order valence-corrected chi connectivity index (χ1v) is 6.18. The second-order valence-electron chi connectivity index (χ2n) is 4.50. The van der Waals surface area contributed by atoms with Crippen LogP contribution in [0.25, 0.3) is 0 Å². The van der Waals surface area contributed by atoms with Gasteiger partial charge < -0.3 is 9.47 Å². The van der Waals surface area contributed by atoms with Crippen LogP contribution in [0, 0.1) is 40.5 Å². The predicted molar refractivity (Wildman–Crippen MR) is 71.1 cm³/mol. The van der Waals surface area contributed by atoms with Crippen LogP contribution in [-0.4, -0.2) is 48.9 Å². The molecule has 0 aliphatic heterocycles. The van der Waals surface area contributed by atoms with Gasteiger partial charge in [0.15, 0.2) is 13.2 Å². The maximum Gasteiger partial charge on any atom is 0.478 e. The number of hydrogen-bond acceptors (Lipinski definition) is 10. The van der Waals surface area contributed by atoms with E-state index in [4.69, 9.17) is 23.2 Å². The number of nitro groups is 4. The highest BCUT2D eigenvalue weighted by molar-refractivity contribution is 6.46. The molecule has 0 atom stereocenters. The van der Waals surface area contributed by atoms with E-state index in [0.29, 0.717) is 13.8 Å². The van der Waals surface area contributed by atoms with Crippen LogP contribution in [-0.2, 0) is 9.47 Å². The molecular weight excluding hydrogens is 371 g/mol. The second kappa shape index (κ2) is 7.12. The van der Waals surface area contributed by atoms with E-state index in [1.54, 1.807) is 0 Å². The SMILES string of the molecule is CC(COC(Cl)(Cl)OCC(C)([N+](=O)[O-])[N+](=O)[O-])([N+](=O)[O-])[N+](=O)[O-]. The first kappa shape index (κ1) is 21.1. The third kappa shape index (κ3) is 5.05. The summed E-state index contributed by atoms with van der Waals surface area (Å²) < 4.78 is 6.09. The van der Waals surface area contributed by atoms with Gasteiger partial charge in [-0.05, 0) is 23.2 Å². The molecular formula is C7H10Cl2N4O10. The molecule has 0 aliphatic carbocycles. The second-order valence-corrected chi connectivity index (χ2v) is 5.69. The highest BCUT2D eigenvalue weighted by Gasteiger charge is 2.55. The lowest BCUT2D eigenvalue weighted by molar-refractivity contribution is -0.797. The molecule has 0 unspecified atom stereocenters. The zero-order valence-corrected chi connectivity index (χ0v) is 13.1. The quantitative estimate of drug-likeness (QED) is 0.224. The van der Waals surface area contributed by atoms with Crippen molar-refractivity contribution in [1.82, 2.24) is 0 Å². The van der Waals surface area contributed by atoms with E-state index >= 15 is 0 Å². The van der Waals surface area contributed by atoms with Crippen LogP contribution < -0.4 is 0 Å². The van der Waals surface area contributed by atoms with Gasteiger partial charge in [-0.1, -0.05) is 0 Å². The van der Waals surface area contributed by atoms with Crippen LogP contribution in [0.5, 0.6) is 0 Å². The van der Waals surface area contributed by atoms with Crippen molar-refractivity contribution in [2.24, 2.45) is 0 Å². The van der Waals surface area contributed by atoms with Gasteiger partial charge in [-0.2, -0.15) is 0 Å². The zero-order chi connectivity index (χ0) is 18.6. The van der Waals surface area contributed by atoms with Crippen molar-refractivity contribution in [3.63, 3.8) is 0 Å². The number of hydrogen-bond donors (Lipinski definition) is 0. The van der Waals surface area contributed by atoms with Crippen molar-refractivity contribution in [3.8, 4) is 0 Å². The van der Waals surface area contributed by atoms with Crippen molar-refractivity contribution < 1.29 is 29.2 Å². The average Bonchev–Trinajstić information content (AvgIpc) is 2.41. The summed E-state index contributed by atoms with van der Waals surface area (Å²) in [5, 5.41) is 42.6. The lowest BCUT2D eigenvalue weighted by Crippen LogP contribution is -2.51. The minimum atomic E-state index is -2.83. The molecule has 23 heavy (non-hydrogen) atoms. The highest BCUT2D eigenvalue weighted by atomic mass is 35.5. The van der Waals surface area contributed by atoms with E-state index in [1.165, 1.54) is 0 Å². The minimum Gasteiger partial charge on any atom is -0.309 e. The molecule has 0 amide bonds. The van der Waals surface area contributed by atoms with Crippen molar-refractivity contribution in [3.05, 3.63) is 40.5 Å². The molecule has 0 N–H and O–H groups in total. The largest absolute Gasteiger partial charge is 0.478 e. The average molecular weight is 381 g/mol. The number of nitrogens with zero attached hydrogens (tertiary/aromatic N) is 4. The molecule has 0 fully saturated rings. The van der Waals surface area contributed by atoms with Crippen molar-refractivity contribution in [1.29, 1.82) is 0 Å². The fraction of sp³-hybridized carbons (Fsp3) is 1.00. The minimum absolute atomic E-state index is 0.592. The summed E-state index contributed by atoms with van der Waals surface area (Å²) in [7, 11) is 0. The molecule has 0 spiro atoms. The summed E-state index contributed by atoms with van der Waals surface area (Å²) in [6.45, 7) is -1.36. The maximum atomic E-state index is 10.7. The van der Waals surface area contributed by atoms with Gasteiger partial charge in [0, 0.05) is 0 Å². The van der Waals surface area contributed by atoms with Gasteiger partial charge in [-0.25, -0.2) is 0 Å². The van der Waals surface area contributed by atoms with Crippen LogP contribution in [0.4, 0.5) is 0 Å². The summed E-state index contributed by atoms with van der Waals surface area (Å²) >= 11 is 10.8. The molecule has 16 heteroatoms. The molecule has 0 saturated carbocycles.